The Kier molecular flexibility index (Phi) is 4.63. The fourth-order valence-electron chi connectivity index (χ4n) is 3.72. The van der Waals surface area contributed by atoms with E-state index in [-0.39, 0.29) is 5.91 Å². The summed E-state index contributed by atoms with van der Waals surface area (Å²) in [7, 11) is 0. The van der Waals surface area contributed by atoms with E-state index in [4.69, 9.17) is 0 Å². The first-order chi connectivity index (χ1) is 10.3. The number of nitrogens with one attached hydrogen (secondary N) is 1. The first kappa shape index (κ1) is 16.6. The number of aromatic nitrogens is 1. The molecule has 1 aromatic heterocycles. The molecule has 1 fully saturated rings. The van der Waals surface area contributed by atoms with E-state index in [2.05, 4.69) is 9.88 Å². The maximum Gasteiger partial charge on any atom is 0.308 e. The Hall–Kier alpha value is -1.78. The summed E-state index contributed by atoms with van der Waals surface area (Å²) in [6.45, 7) is 8.64. The van der Waals surface area contributed by atoms with E-state index in [1.807, 2.05) is 33.8 Å². The molecule has 1 amide bonds. The van der Waals surface area contributed by atoms with Gasteiger partial charge in [0.05, 0.1) is 17.0 Å². The zero-order valence-corrected chi connectivity index (χ0v) is 13.9. The van der Waals surface area contributed by atoms with Crippen LogP contribution >= 0.6 is 0 Å². The number of carboxylic acids is 1. The summed E-state index contributed by atoms with van der Waals surface area (Å²) in [5.74, 6) is -1.50. The van der Waals surface area contributed by atoms with Crippen molar-refractivity contribution in [1.82, 2.24) is 9.88 Å². The third-order valence-electron chi connectivity index (χ3n) is 5.04. The summed E-state index contributed by atoms with van der Waals surface area (Å²) in [5, 5.41) is 12.5. The first-order valence-corrected chi connectivity index (χ1v) is 8.02. The van der Waals surface area contributed by atoms with Gasteiger partial charge in [0.25, 0.3) is 5.91 Å². The van der Waals surface area contributed by atoms with E-state index in [1.165, 1.54) is 0 Å². The molecule has 1 aliphatic rings. The molecule has 1 aliphatic carbocycles. The van der Waals surface area contributed by atoms with Crippen LogP contribution in [0.15, 0.2) is 6.07 Å². The van der Waals surface area contributed by atoms with Gasteiger partial charge in [0.2, 0.25) is 0 Å². The van der Waals surface area contributed by atoms with Crippen molar-refractivity contribution in [1.29, 1.82) is 0 Å². The van der Waals surface area contributed by atoms with Crippen molar-refractivity contribution in [3.8, 4) is 0 Å². The van der Waals surface area contributed by atoms with E-state index >= 15 is 0 Å². The minimum atomic E-state index is -0.818. The van der Waals surface area contributed by atoms with E-state index in [0.717, 1.165) is 30.8 Å². The van der Waals surface area contributed by atoms with E-state index < -0.39 is 17.4 Å². The second-order valence-corrected chi connectivity index (χ2v) is 6.54. The number of hydrogen-bond acceptors (Lipinski definition) is 2. The van der Waals surface area contributed by atoms with Gasteiger partial charge in [-0.05, 0) is 46.6 Å². The van der Waals surface area contributed by atoms with Crippen molar-refractivity contribution in [3.63, 3.8) is 0 Å². The van der Waals surface area contributed by atoms with Crippen LogP contribution in [-0.4, -0.2) is 27.1 Å². The summed E-state index contributed by atoms with van der Waals surface area (Å²) in [6.07, 6.45) is 3.20. The predicted octanol–water partition coefficient (Wildman–Crippen LogP) is 2.89. The van der Waals surface area contributed by atoms with Gasteiger partial charge in [-0.15, -0.1) is 0 Å². The Morgan fingerprint density at radius 2 is 2.09 bits per heavy atom. The van der Waals surface area contributed by atoms with Crippen molar-refractivity contribution in [3.05, 3.63) is 23.0 Å². The van der Waals surface area contributed by atoms with Crippen molar-refractivity contribution >= 4 is 11.9 Å². The number of aliphatic carboxylic acids is 1. The molecule has 122 valence electrons. The lowest BCUT2D eigenvalue weighted by molar-refractivity contribution is -0.145. The van der Waals surface area contributed by atoms with Gasteiger partial charge < -0.3 is 15.0 Å². The largest absolute Gasteiger partial charge is 0.481 e. The second kappa shape index (κ2) is 6.15. The minimum Gasteiger partial charge on any atom is -0.481 e. The lowest BCUT2D eigenvalue weighted by Crippen LogP contribution is -2.55. The molecule has 0 bridgehead atoms. The van der Waals surface area contributed by atoms with E-state index in [1.54, 1.807) is 0 Å². The zero-order valence-electron chi connectivity index (χ0n) is 13.9. The number of carbonyl (C=O) groups excluding carboxylic acids is 1. The number of hydrogen-bond donors (Lipinski definition) is 2. The van der Waals surface area contributed by atoms with Crippen LogP contribution in [-0.2, 0) is 11.3 Å². The van der Waals surface area contributed by atoms with Gasteiger partial charge in [-0.3, -0.25) is 9.59 Å². The van der Waals surface area contributed by atoms with E-state index in [9.17, 15) is 14.7 Å². The molecule has 5 heteroatoms. The lowest BCUT2D eigenvalue weighted by atomic mass is 9.73. The van der Waals surface area contributed by atoms with Gasteiger partial charge in [-0.2, -0.15) is 0 Å². The molecular formula is C17H26N2O3. The number of amides is 1. The molecule has 1 heterocycles. The smallest absolute Gasteiger partial charge is 0.308 e. The molecule has 1 aromatic rings. The highest BCUT2D eigenvalue weighted by molar-refractivity contribution is 5.96. The molecule has 2 unspecified atom stereocenters. The quantitative estimate of drug-likeness (QED) is 0.898. The van der Waals surface area contributed by atoms with Gasteiger partial charge in [0.15, 0.2) is 0 Å². The number of nitrogens with zero attached hydrogens (tertiary/aromatic N) is 1. The molecule has 1 saturated carbocycles. The Balaban J connectivity index is 2.25. The molecule has 5 nitrogen and oxygen atoms in total. The van der Waals surface area contributed by atoms with Gasteiger partial charge in [-0.25, -0.2) is 0 Å². The Morgan fingerprint density at radius 1 is 1.41 bits per heavy atom. The molecule has 22 heavy (non-hydrogen) atoms. The molecule has 2 rings (SSSR count). The van der Waals surface area contributed by atoms with Crippen LogP contribution in [0.1, 0.15) is 61.3 Å². The monoisotopic (exact) mass is 306 g/mol. The molecule has 0 aliphatic heterocycles. The third kappa shape index (κ3) is 2.89. The standard InChI is InChI=1S/C17H26N2O3/c1-5-19-11(2)10-13(12(19)3)15(20)18-17(4)9-7-6-8-14(17)16(21)22/h10,14H,5-9H2,1-4H3,(H,18,20)(H,21,22). The van der Waals surface area contributed by atoms with Crippen molar-refractivity contribution in [2.75, 3.05) is 0 Å². The first-order valence-electron chi connectivity index (χ1n) is 8.02. The average Bonchev–Trinajstić information content (AvgIpc) is 2.73. The summed E-state index contributed by atoms with van der Waals surface area (Å²) < 4.78 is 2.09. The maximum absolute atomic E-state index is 12.7. The van der Waals surface area contributed by atoms with Crippen LogP contribution < -0.4 is 5.32 Å². The maximum atomic E-state index is 12.7. The van der Waals surface area contributed by atoms with Crippen molar-refractivity contribution in [2.24, 2.45) is 5.92 Å². The number of carboxylic acid groups (broad SMARTS) is 1. The fourth-order valence-corrected chi connectivity index (χ4v) is 3.72. The molecule has 0 saturated heterocycles. The van der Waals surface area contributed by atoms with Crippen LogP contribution in [0.25, 0.3) is 0 Å². The topological polar surface area (TPSA) is 71.3 Å². The van der Waals surface area contributed by atoms with Crippen LogP contribution in [0.4, 0.5) is 0 Å². The lowest BCUT2D eigenvalue weighted by Gasteiger charge is -2.39. The fraction of sp³-hybridized carbons (Fsp3) is 0.647. The van der Waals surface area contributed by atoms with Gasteiger partial charge in [-0.1, -0.05) is 12.8 Å². The zero-order chi connectivity index (χ0) is 16.5. The van der Waals surface area contributed by atoms with Crippen molar-refractivity contribution < 1.29 is 14.7 Å². The van der Waals surface area contributed by atoms with Crippen LogP contribution in [0.3, 0.4) is 0 Å². The molecule has 0 aromatic carbocycles. The second-order valence-electron chi connectivity index (χ2n) is 6.54. The molecular weight excluding hydrogens is 280 g/mol. The van der Waals surface area contributed by atoms with Crippen LogP contribution in [0.5, 0.6) is 0 Å². The number of carbonyl (C=O) groups is 2. The SMILES string of the molecule is CCn1c(C)cc(C(=O)NC2(C)CCCCC2C(=O)O)c1C. The van der Waals surface area contributed by atoms with E-state index in [0.29, 0.717) is 18.4 Å². The summed E-state index contributed by atoms with van der Waals surface area (Å²) in [6, 6.07) is 1.89. The summed E-state index contributed by atoms with van der Waals surface area (Å²) >= 11 is 0. The van der Waals surface area contributed by atoms with Crippen LogP contribution in [0.2, 0.25) is 0 Å². The molecule has 0 spiro atoms. The number of aryl methyl sites for hydroxylation is 1. The Bertz CT molecular complexity index is 591. The summed E-state index contributed by atoms with van der Waals surface area (Å²) in [5.41, 5.74) is 1.96. The van der Waals surface area contributed by atoms with Gasteiger partial charge in [0.1, 0.15) is 0 Å². The highest BCUT2D eigenvalue weighted by Gasteiger charge is 2.42. The molecule has 0 radical (unpaired) electrons. The summed E-state index contributed by atoms with van der Waals surface area (Å²) in [4.78, 5) is 24.2. The minimum absolute atomic E-state index is 0.163. The highest BCUT2D eigenvalue weighted by Crippen LogP contribution is 2.34. The Morgan fingerprint density at radius 3 is 2.64 bits per heavy atom. The third-order valence-corrected chi connectivity index (χ3v) is 5.04. The van der Waals surface area contributed by atoms with Crippen LogP contribution in [0, 0.1) is 19.8 Å². The molecule has 2 N–H and O–H groups in total. The molecule has 2 atom stereocenters. The van der Waals surface area contributed by atoms with Gasteiger partial charge in [0, 0.05) is 17.9 Å². The highest BCUT2D eigenvalue weighted by atomic mass is 16.4. The Labute approximate surface area is 131 Å². The number of rotatable bonds is 4. The van der Waals surface area contributed by atoms with Gasteiger partial charge >= 0.3 is 5.97 Å². The van der Waals surface area contributed by atoms with Crippen molar-refractivity contribution in [2.45, 2.75) is 65.5 Å². The predicted molar refractivity (Wildman–Crippen MR) is 85.0 cm³/mol. The normalized spacial score (nSPS) is 25.0. The average molecular weight is 306 g/mol.